The number of nitrogens with one attached hydrogen (secondary N) is 1. The summed E-state index contributed by atoms with van der Waals surface area (Å²) in [5.41, 5.74) is 3.04. The molecule has 184 valence electrons. The Bertz CT molecular complexity index is 1030. The topological polar surface area (TPSA) is 58.6 Å². The summed E-state index contributed by atoms with van der Waals surface area (Å²) in [6.45, 7) is 5.67. The van der Waals surface area contributed by atoms with Gasteiger partial charge in [-0.15, -0.1) is 0 Å². The first kappa shape index (κ1) is 26.0. The van der Waals surface area contributed by atoms with Crippen molar-refractivity contribution in [2.75, 3.05) is 26.7 Å². The van der Waals surface area contributed by atoms with Crippen molar-refractivity contribution in [2.24, 2.45) is 5.92 Å². The Hall–Kier alpha value is -3.60. The third kappa shape index (κ3) is 7.99. The highest BCUT2D eigenvalue weighted by atomic mass is 16.5. The summed E-state index contributed by atoms with van der Waals surface area (Å²) in [7, 11) is 1.58. The van der Waals surface area contributed by atoms with E-state index in [-0.39, 0.29) is 24.2 Å². The van der Waals surface area contributed by atoms with Gasteiger partial charge in [-0.2, -0.15) is 0 Å². The zero-order valence-corrected chi connectivity index (χ0v) is 20.9. The van der Waals surface area contributed by atoms with Crippen molar-refractivity contribution in [1.29, 1.82) is 0 Å². The molecule has 0 saturated heterocycles. The van der Waals surface area contributed by atoms with E-state index in [1.165, 1.54) is 11.1 Å². The normalized spacial score (nSPS) is 10.9. The summed E-state index contributed by atoms with van der Waals surface area (Å²) >= 11 is 0. The predicted octanol–water partition coefficient (Wildman–Crippen LogP) is 5.52. The standard InChI is InChI=1S/C30H36N2O3/c1-23(2)22-32(30(34)26-15-10-16-27(21-26)35-3)20-18-29(33)31-19-17-28(24-11-6-4-7-12-24)25-13-8-5-9-14-25/h4-16,21,23,28H,17-20,22H2,1-3H3,(H,31,33). The molecule has 0 aliphatic heterocycles. The first-order valence-corrected chi connectivity index (χ1v) is 12.3. The van der Waals surface area contributed by atoms with Crippen LogP contribution in [0, 0.1) is 5.92 Å². The van der Waals surface area contributed by atoms with Gasteiger partial charge in [0.15, 0.2) is 0 Å². The van der Waals surface area contributed by atoms with E-state index in [0.29, 0.717) is 36.9 Å². The number of ether oxygens (including phenoxy) is 1. The molecule has 3 rings (SSSR count). The average Bonchev–Trinajstić information content (AvgIpc) is 2.89. The number of nitrogens with zero attached hydrogens (tertiary/aromatic N) is 1. The Morgan fingerprint density at radius 2 is 1.51 bits per heavy atom. The average molecular weight is 473 g/mol. The fourth-order valence-electron chi connectivity index (χ4n) is 4.23. The van der Waals surface area contributed by atoms with E-state index in [0.717, 1.165) is 6.42 Å². The molecule has 0 aliphatic carbocycles. The van der Waals surface area contributed by atoms with Crippen LogP contribution in [-0.2, 0) is 4.79 Å². The Kier molecular flexibility index (Phi) is 9.91. The van der Waals surface area contributed by atoms with Crippen LogP contribution in [-0.4, -0.2) is 43.5 Å². The Balaban J connectivity index is 1.57. The molecule has 0 aromatic heterocycles. The quantitative estimate of drug-likeness (QED) is 0.377. The van der Waals surface area contributed by atoms with Gasteiger partial charge in [0.25, 0.3) is 5.91 Å². The van der Waals surface area contributed by atoms with Crippen LogP contribution in [0.25, 0.3) is 0 Å². The predicted molar refractivity (Wildman–Crippen MR) is 141 cm³/mol. The molecule has 0 saturated carbocycles. The number of hydrogen-bond donors (Lipinski definition) is 1. The highest BCUT2D eigenvalue weighted by Crippen LogP contribution is 2.27. The highest BCUT2D eigenvalue weighted by Gasteiger charge is 2.19. The molecule has 0 heterocycles. The molecule has 0 unspecified atom stereocenters. The van der Waals surface area contributed by atoms with Crippen LogP contribution in [0.3, 0.4) is 0 Å². The highest BCUT2D eigenvalue weighted by molar-refractivity contribution is 5.94. The van der Waals surface area contributed by atoms with Crippen molar-refractivity contribution in [3.63, 3.8) is 0 Å². The Labute approximate surface area is 209 Å². The van der Waals surface area contributed by atoms with Gasteiger partial charge < -0.3 is 15.0 Å². The number of carbonyl (C=O) groups excluding carboxylic acids is 2. The van der Waals surface area contributed by atoms with Crippen LogP contribution in [0.5, 0.6) is 5.75 Å². The van der Waals surface area contributed by atoms with Crippen LogP contribution in [0.15, 0.2) is 84.9 Å². The SMILES string of the molecule is COc1cccc(C(=O)N(CCC(=O)NCCC(c2ccccc2)c2ccccc2)CC(C)C)c1. The van der Waals surface area contributed by atoms with Gasteiger partial charge in [-0.3, -0.25) is 9.59 Å². The van der Waals surface area contributed by atoms with Gasteiger partial charge in [-0.25, -0.2) is 0 Å². The summed E-state index contributed by atoms with van der Waals surface area (Å²) < 4.78 is 5.26. The van der Waals surface area contributed by atoms with E-state index in [4.69, 9.17) is 4.74 Å². The second kappa shape index (κ2) is 13.3. The fourth-order valence-corrected chi connectivity index (χ4v) is 4.23. The van der Waals surface area contributed by atoms with E-state index >= 15 is 0 Å². The Morgan fingerprint density at radius 3 is 2.09 bits per heavy atom. The summed E-state index contributed by atoms with van der Waals surface area (Å²) in [5, 5.41) is 3.06. The molecule has 0 radical (unpaired) electrons. The number of methoxy groups -OCH3 is 1. The van der Waals surface area contributed by atoms with Gasteiger partial charge in [0.2, 0.25) is 5.91 Å². The lowest BCUT2D eigenvalue weighted by Crippen LogP contribution is -2.37. The summed E-state index contributed by atoms with van der Waals surface area (Å²) in [4.78, 5) is 27.6. The minimum Gasteiger partial charge on any atom is -0.497 e. The van der Waals surface area contributed by atoms with Crippen molar-refractivity contribution >= 4 is 11.8 Å². The van der Waals surface area contributed by atoms with Crippen LogP contribution < -0.4 is 10.1 Å². The van der Waals surface area contributed by atoms with Gasteiger partial charge in [0.1, 0.15) is 5.75 Å². The molecular formula is C30H36N2O3. The molecule has 0 aliphatic rings. The molecule has 0 fully saturated rings. The monoisotopic (exact) mass is 472 g/mol. The van der Waals surface area contributed by atoms with Crippen molar-refractivity contribution in [3.8, 4) is 5.75 Å². The fraction of sp³-hybridized carbons (Fsp3) is 0.333. The molecule has 5 heteroatoms. The minimum atomic E-state index is -0.0846. The maximum absolute atomic E-state index is 13.1. The number of amides is 2. The van der Waals surface area contributed by atoms with Crippen LogP contribution in [0.2, 0.25) is 0 Å². The zero-order chi connectivity index (χ0) is 25.0. The second-order valence-electron chi connectivity index (χ2n) is 9.14. The molecular weight excluding hydrogens is 436 g/mol. The van der Waals surface area contributed by atoms with Crippen LogP contribution in [0.1, 0.15) is 54.1 Å². The van der Waals surface area contributed by atoms with Crippen LogP contribution in [0.4, 0.5) is 0 Å². The lowest BCUT2D eigenvalue weighted by atomic mass is 9.88. The number of hydrogen-bond acceptors (Lipinski definition) is 3. The Morgan fingerprint density at radius 1 is 0.886 bits per heavy atom. The third-order valence-electron chi connectivity index (χ3n) is 5.96. The molecule has 3 aromatic carbocycles. The molecule has 0 spiro atoms. The van der Waals surface area contributed by atoms with Crippen molar-refractivity contribution < 1.29 is 14.3 Å². The maximum atomic E-state index is 13.1. The molecule has 5 nitrogen and oxygen atoms in total. The van der Waals surface area contributed by atoms with Gasteiger partial charge in [-0.1, -0.05) is 80.6 Å². The first-order chi connectivity index (χ1) is 17.0. The van der Waals surface area contributed by atoms with E-state index in [9.17, 15) is 9.59 Å². The van der Waals surface area contributed by atoms with Crippen molar-refractivity contribution in [3.05, 3.63) is 102 Å². The number of carbonyl (C=O) groups is 2. The largest absolute Gasteiger partial charge is 0.497 e. The van der Waals surface area contributed by atoms with Crippen molar-refractivity contribution in [2.45, 2.75) is 32.6 Å². The van der Waals surface area contributed by atoms with Gasteiger partial charge >= 0.3 is 0 Å². The maximum Gasteiger partial charge on any atom is 0.254 e. The van der Waals surface area contributed by atoms with E-state index in [1.54, 1.807) is 24.1 Å². The first-order valence-electron chi connectivity index (χ1n) is 12.3. The minimum absolute atomic E-state index is 0.0444. The molecule has 0 bridgehead atoms. The van der Waals surface area contributed by atoms with Crippen LogP contribution >= 0.6 is 0 Å². The van der Waals surface area contributed by atoms with E-state index in [1.807, 2.05) is 48.5 Å². The smallest absolute Gasteiger partial charge is 0.254 e. The van der Waals surface area contributed by atoms with Gasteiger partial charge in [-0.05, 0) is 41.7 Å². The summed E-state index contributed by atoms with van der Waals surface area (Å²) in [6.07, 6.45) is 1.07. The zero-order valence-electron chi connectivity index (χ0n) is 20.9. The molecule has 35 heavy (non-hydrogen) atoms. The second-order valence-corrected chi connectivity index (χ2v) is 9.14. The number of rotatable bonds is 12. The molecule has 3 aromatic rings. The summed E-state index contributed by atoms with van der Waals surface area (Å²) in [6, 6.07) is 27.9. The number of benzene rings is 3. The van der Waals surface area contributed by atoms with E-state index < -0.39 is 0 Å². The van der Waals surface area contributed by atoms with E-state index in [2.05, 4.69) is 43.4 Å². The van der Waals surface area contributed by atoms with Gasteiger partial charge in [0.05, 0.1) is 7.11 Å². The van der Waals surface area contributed by atoms with Crippen molar-refractivity contribution in [1.82, 2.24) is 10.2 Å². The third-order valence-corrected chi connectivity index (χ3v) is 5.96. The summed E-state index contributed by atoms with van der Waals surface area (Å²) in [5.74, 6) is 1.02. The molecule has 0 atom stereocenters. The molecule has 1 N–H and O–H groups in total. The lowest BCUT2D eigenvalue weighted by molar-refractivity contribution is -0.121. The lowest BCUT2D eigenvalue weighted by Gasteiger charge is -2.25. The van der Waals surface area contributed by atoms with Gasteiger partial charge in [0, 0.05) is 37.5 Å². The molecule has 2 amide bonds.